The van der Waals surface area contributed by atoms with E-state index in [0.29, 0.717) is 34.9 Å². The number of amides is 1. The van der Waals surface area contributed by atoms with Crippen LogP contribution in [0.1, 0.15) is 12.0 Å². The number of nitrogens with one attached hydrogen (secondary N) is 2. The molecule has 7 heteroatoms. The molecule has 0 saturated carbocycles. The minimum atomic E-state index is -0.468. The fraction of sp³-hybridized carbons (Fsp3) is 0.118. The van der Waals surface area contributed by atoms with E-state index in [1.165, 1.54) is 12.3 Å². The van der Waals surface area contributed by atoms with Gasteiger partial charge >= 0.3 is 0 Å². The zero-order chi connectivity index (χ0) is 16.9. The maximum atomic E-state index is 13.7. The summed E-state index contributed by atoms with van der Waals surface area (Å²) in [4.78, 5) is 15.7. The van der Waals surface area contributed by atoms with Crippen LogP contribution in [0.2, 0.25) is 5.02 Å². The molecule has 0 aliphatic carbocycles. The highest BCUT2D eigenvalue weighted by Crippen LogP contribution is 2.22. The number of halogens is 2. The van der Waals surface area contributed by atoms with Crippen LogP contribution in [-0.2, 0) is 11.2 Å². The van der Waals surface area contributed by atoms with Gasteiger partial charge < -0.3 is 5.32 Å². The van der Waals surface area contributed by atoms with Gasteiger partial charge in [0.1, 0.15) is 5.82 Å². The van der Waals surface area contributed by atoms with Crippen LogP contribution in [0.15, 0.2) is 48.8 Å². The molecule has 122 valence electrons. The van der Waals surface area contributed by atoms with Gasteiger partial charge in [-0.15, -0.1) is 0 Å². The first-order chi connectivity index (χ1) is 11.6. The van der Waals surface area contributed by atoms with Gasteiger partial charge in [0.15, 0.2) is 5.82 Å². The van der Waals surface area contributed by atoms with E-state index in [4.69, 9.17) is 11.6 Å². The standard InChI is InChI=1S/C17H14ClFN4O/c18-12-4-1-11(2-5-12)3-6-17(24)21-16-9-15(22-23-16)13-7-8-20-10-14(13)19/h1-2,4-5,7-10H,3,6H2,(H2,21,22,23,24). The molecule has 0 radical (unpaired) electrons. The van der Waals surface area contributed by atoms with Gasteiger partial charge in [-0.3, -0.25) is 14.9 Å². The predicted octanol–water partition coefficient (Wildman–Crippen LogP) is 3.84. The highest BCUT2D eigenvalue weighted by molar-refractivity contribution is 6.30. The van der Waals surface area contributed by atoms with Crippen molar-refractivity contribution in [2.24, 2.45) is 0 Å². The largest absolute Gasteiger partial charge is 0.311 e. The van der Waals surface area contributed by atoms with E-state index < -0.39 is 5.82 Å². The second kappa shape index (κ2) is 7.23. The number of carbonyl (C=O) groups is 1. The topological polar surface area (TPSA) is 70.7 Å². The number of hydrogen-bond acceptors (Lipinski definition) is 3. The molecule has 2 N–H and O–H groups in total. The number of aromatic nitrogens is 3. The smallest absolute Gasteiger partial charge is 0.225 e. The number of rotatable bonds is 5. The SMILES string of the molecule is O=C(CCc1ccc(Cl)cc1)Nc1cc(-c2ccncc2F)n[nH]1. The fourth-order valence-corrected chi connectivity index (χ4v) is 2.35. The number of aryl methyl sites for hydroxylation is 1. The van der Waals surface area contributed by atoms with E-state index in [0.717, 1.165) is 11.8 Å². The molecule has 0 bridgehead atoms. The van der Waals surface area contributed by atoms with Crippen LogP contribution in [0.4, 0.5) is 10.2 Å². The Morgan fingerprint density at radius 2 is 2.04 bits per heavy atom. The van der Waals surface area contributed by atoms with E-state index >= 15 is 0 Å². The quantitative estimate of drug-likeness (QED) is 0.738. The number of H-pyrrole nitrogens is 1. The Morgan fingerprint density at radius 3 is 2.79 bits per heavy atom. The maximum absolute atomic E-state index is 13.7. The van der Waals surface area contributed by atoms with E-state index in [2.05, 4.69) is 20.5 Å². The summed E-state index contributed by atoms with van der Waals surface area (Å²) in [5.41, 5.74) is 1.75. The lowest BCUT2D eigenvalue weighted by Crippen LogP contribution is -2.12. The van der Waals surface area contributed by atoms with Gasteiger partial charge in [-0.05, 0) is 30.2 Å². The third-order valence-corrected chi connectivity index (χ3v) is 3.71. The molecular weight excluding hydrogens is 331 g/mol. The number of pyridine rings is 1. The van der Waals surface area contributed by atoms with Crippen molar-refractivity contribution in [2.75, 3.05) is 5.32 Å². The molecule has 0 aliphatic rings. The molecule has 0 atom stereocenters. The molecule has 5 nitrogen and oxygen atoms in total. The van der Waals surface area contributed by atoms with Crippen LogP contribution in [-0.4, -0.2) is 21.1 Å². The summed E-state index contributed by atoms with van der Waals surface area (Å²) in [7, 11) is 0. The lowest BCUT2D eigenvalue weighted by molar-refractivity contribution is -0.116. The van der Waals surface area contributed by atoms with Crippen LogP contribution >= 0.6 is 11.6 Å². The lowest BCUT2D eigenvalue weighted by atomic mass is 10.1. The van der Waals surface area contributed by atoms with Gasteiger partial charge in [0.05, 0.1) is 11.9 Å². The zero-order valence-corrected chi connectivity index (χ0v) is 13.3. The number of carbonyl (C=O) groups excluding carboxylic acids is 1. The van der Waals surface area contributed by atoms with Crippen LogP contribution in [0, 0.1) is 5.82 Å². The number of benzene rings is 1. The normalized spacial score (nSPS) is 10.6. The molecule has 3 rings (SSSR count). The third kappa shape index (κ3) is 3.97. The summed E-state index contributed by atoms with van der Waals surface area (Å²) >= 11 is 5.82. The maximum Gasteiger partial charge on any atom is 0.225 e. The van der Waals surface area contributed by atoms with E-state index in [1.807, 2.05) is 12.1 Å². The number of anilines is 1. The summed E-state index contributed by atoms with van der Waals surface area (Å²) in [5, 5.41) is 10.1. The van der Waals surface area contributed by atoms with Crippen molar-refractivity contribution in [1.29, 1.82) is 0 Å². The highest BCUT2D eigenvalue weighted by Gasteiger charge is 2.10. The van der Waals surface area contributed by atoms with Crippen LogP contribution in [0.25, 0.3) is 11.3 Å². The van der Waals surface area contributed by atoms with Gasteiger partial charge in [-0.25, -0.2) is 4.39 Å². The third-order valence-electron chi connectivity index (χ3n) is 3.45. The monoisotopic (exact) mass is 344 g/mol. The summed E-state index contributed by atoms with van der Waals surface area (Å²) in [6, 6.07) is 10.5. The molecule has 0 unspecified atom stereocenters. The molecular formula is C17H14ClFN4O. The average molecular weight is 345 g/mol. The van der Waals surface area contributed by atoms with Gasteiger partial charge in [0.2, 0.25) is 5.91 Å². The van der Waals surface area contributed by atoms with Crippen molar-refractivity contribution >= 4 is 23.3 Å². The van der Waals surface area contributed by atoms with Gasteiger partial charge in [-0.1, -0.05) is 23.7 Å². The molecule has 3 aromatic rings. The molecule has 0 fully saturated rings. The summed E-state index contributed by atoms with van der Waals surface area (Å²) in [6.07, 6.45) is 3.52. The van der Waals surface area contributed by atoms with Crippen molar-refractivity contribution in [3.63, 3.8) is 0 Å². The first-order valence-corrected chi connectivity index (χ1v) is 7.69. The van der Waals surface area contributed by atoms with Gasteiger partial charge in [0.25, 0.3) is 0 Å². The molecule has 0 saturated heterocycles. The van der Waals surface area contributed by atoms with Gasteiger partial charge in [0, 0.05) is 29.3 Å². The molecule has 24 heavy (non-hydrogen) atoms. The minimum absolute atomic E-state index is 0.157. The van der Waals surface area contributed by atoms with Crippen molar-refractivity contribution < 1.29 is 9.18 Å². The van der Waals surface area contributed by atoms with Crippen molar-refractivity contribution in [3.8, 4) is 11.3 Å². The second-order valence-corrected chi connectivity index (χ2v) is 5.63. The summed E-state index contributed by atoms with van der Waals surface area (Å²) < 4.78 is 13.7. The van der Waals surface area contributed by atoms with Gasteiger partial charge in [-0.2, -0.15) is 5.10 Å². The van der Waals surface area contributed by atoms with E-state index in [9.17, 15) is 9.18 Å². The first kappa shape index (κ1) is 16.1. The van der Waals surface area contributed by atoms with Crippen LogP contribution in [0.5, 0.6) is 0 Å². The Kier molecular flexibility index (Phi) is 4.86. The number of aromatic amines is 1. The number of nitrogens with zero attached hydrogens (tertiary/aromatic N) is 2. The van der Waals surface area contributed by atoms with Crippen molar-refractivity contribution in [2.45, 2.75) is 12.8 Å². The van der Waals surface area contributed by atoms with Crippen molar-refractivity contribution in [1.82, 2.24) is 15.2 Å². The summed E-state index contributed by atoms with van der Waals surface area (Å²) in [5.74, 6) is -0.206. The molecule has 1 amide bonds. The molecule has 1 aromatic carbocycles. The fourth-order valence-electron chi connectivity index (χ4n) is 2.23. The molecule has 0 spiro atoms. The molecule has 2 heterocycles. The summed E-state index contributed by atoms with van der Waals surface area (Å²) in [6.45, 7) is 0. The van der Waals surface area contributed by atoms with Crippen LogP contribution in [0.3, 0.4) is 0 Å². The molecule has 2 aromatic heterocycles. The van der Waals surface area contributed by atoms with Crippen molar-refractivity contribution in [3.05, 3.63) is 65.2 Å². The highest BCUT2D eigenvalue weighted by atomic mass is 35.5. The number of hydrogen-bond donors (Lipinski definition) is 2. The van der Waals surface area contributed by atoms with E-state index in [1.54, 1.807) is 18.2 Å². The Morgan fingerprint density at radius 1 is 1.25 bits per heavy atom. The molecule has 0 aliphatic heterocycles. The second-order valence-electron chi connectivity index (χ2n) is 5.20. The average Bonchev–Trinajstić information content (AvgIpc) is 3.03. The first-order valence-electron chi connectivity index (χ1n) is 7.31. The van der Waals surface area contributed by atoms with E-state index in [-0.39, 0.29) is 5.91 Å². The zero-order valence-electron chi connectivity index (χ0n) is 12.6. The minimum Gasteiger partial charge on any atom is -0.311 e. The lowest BCUT2D eigenvalue weighted by Gasteiger charge is -2.03. The Balaban J connectivity index is 1.59. The Hall–Kier alpha value is -2.73. The Labute approximate surface area is 142 Å². The Bertz CT molecular complexity index is 848. The van der Waals surface area contributed by atoms with Crippen LogP contribution < -0.4 is 5.32 Å². The predicted molar refractivity (Wildman–Crippen MR) is 90.2 cm³/mol.